The Morgan fingerprint density at radius 1 is 1.22 bits per heavy atom. The van der Waals surface area contributed by atoms with Crippen LogP contribution in [0.5, 0.6) is 0 Å². The molecule has 2 aliphatic heterocycles. The van der Waals surface area contributed by atoms with Crippen LogP contribution < -0.4 is 0 Å². The number of likely N-dealkylation sites (tertiary alicyclic amines) is 1. The lowest BCUT2D eigenvalue weighted by atomic mass is 9.74. The fourth-order valence-corrected chi connectivity index (χ4v) is 4.58. The van der Waals surface area contributed by atoms with E-state index in [9.17, 15) is 10.1 Å². The first-order valence-corrected chi connectivity index (χ1v) is 9.22. The van der Waals surface area contributed by atoms with Crippen molar-refractivity contribution < 1.29 is 9.53 Å². The second kappa shape index (κ2) is 7.19. The van der Waals surface area contributed by atoms with E-state index in [-0.39, 0.29) is 5.91 Å². The lowest BCUT2D eigenvalue weighted by Crippen LogP contribution is -2.48. The standard InChI is InChI=1S/C18H29N3O2/c1-2-15-12-21(13-16(15)20-8-10-23-11-9-20)17(22)18(14-19)6-4-3-5-7-18/h15-16H,2-13H2,1H3/t15-,16+/m0/s1. The quantitative estimate of drug-likeness (QED) is 0.799. The van der Waals surface area contributed by atoms with Crippen molar-refractivity contribution in [2.75, 3.05) is 39.4 Å². The van der Waals surface area contributed by atoms with Crippen LogP contribution in [0, 0.1) is 22.7 Å². The zero-order valence-corrected chi connectivity index (χ0v) is 14.3. The molecule has 2 saturated heterocycles. The van der Waals surface area contributed by atoms with Crippen LogP contribution in [0.1, 0.15) is 45.4 Å². The molecular formula is C18H29N3O2. The molecule has 0 unspecified atom stereocenters. The van der Waals surface area contributed by atoms with Gasteiger partial charge in [-0.25, -0.2) is 0 Å². The van der Waals surface area contributed by atoms with Crippen molar-refractivity contribution in [1.82, 2.24) is 9.80 Å². The third kappa shape index (κ3) is 3.25. The number of carbonyl (C=O) groups excluding carboxylic acids is 1. The highest BCUT2D eigenvalue weighted by Crippen LogP contribution is 2.39. The first-order chi connectivity index (χ1) is 11.2. The number of carbonyl (C=O) groups is 1. The molecule has 0 spiro atoms. The Morgan fingerprint density at radius 2 is 1.91 bits per heavy atom. The molecule has 23 heavy (non-hydrogen) atoms. The normalized spacial score (nSPS) is 31.7. The fourth-order valence-electron chi connectivity index (χ4n) is 4.58. The SMILES string of the molecule is CC[C@H]1CN(C(=O)C2(C#N)CCCCC2)C[C@H]1N1CCOCC1. The van der Waals surface area contributed by atoms with Gasteiger partial charge in [-0.3, -0.25) is 9.69 Å². The van der Waals surface area contributed by atoms with Gasteiger partial charge in [0.05, 0.1) is 19.3 Å². The number of rotatable bonds is 3. The summed E-state index contributed by atoms with van der Waals surface area (Å²) < 4.78 is 5.47. The van der Waals surface area contributed by atoms with Crippen LogP contribution in [0.4, 0.5) is 0 Å². The molecule has 1 saturated carbocycles. The minimum absolute atomic E-state index is 0.105. The highest BCUT2D eigenvalue weighted by Gasteiger charge is 2.46. The van der Waals surface area contributed by atoms with Crippen LogP contribution in [-0.2, 0) is 9.53 Å². The topological polar surface area (TPSA) is 56.6 Å². The maximum absolute atomic E-state index is 13.1. The molecular weight excluding hydrogens is 290 g/mol. The van der Waals surface area contributed by atoms with Gasteiger partial charge in [-0.15, -0.1) is 0 Å². The van der Waals surface area contributed by atoms with Gasteiger partial charge in [0.1, 0.15) is 5.41 Å². The Labute approximate surface area is 139 Å². The Bertz CT molecular complexity index is 461. The summed E-state index contributed by atoms with van der Waals surface area (Å²) in [5, 5.41) is 9.69. The second-order valence-electron chi connectivity index (χ2n) is 7.35. The second-order valence-corrected chi connectivity index (χ2v) is 7.35. The summed E-state index contributed by atoms with van der Waals surface area (Å²) in [7, 11) is 0. The predicted molar refractivity (Wildman–Crippen MR) is 87.7 cm³/mol. The van der Waals surface area contributed by atoms with Crippen molar-refractivity contribution in [3.63, 3.8) is 0 Å². The van der Waals surface area contributed by atoms with Gasteiger partial charge in [-0.1, -0.05) is 32.6 Å². The summed E-state index contributed by atoms with van der Waals surface area (Å²) in [4.78, 5) is 17.6. The number of ether oxygens (including phenoxy) is 1. The van der Waals surface area contributed by atoms with E-state index >= 15 is 0 Å². The molecule has 3 fully saturated rings. The lowest BCUT2D eigenvalue weighted by molar-refractivity contribution is -0.139. The van der Waals surface area contributed by atoms with Crippen molar-refractivity contribution in [2.45, 2.75) is 51.5 Å². The van der Waals surface area contributed by atoms with Gasteiger partial charge in [0.15, 0.2) is 0 Å². The molecule has 128 valence electrons. The van der Waals surface area contributed by atoms with E-state index in [1.165, 1.54) is 0 Å². The molecule has 0 N–H and O–H groups in total. The zero-order valence-electron chi connectivity index (χ0n) is 14.3. The molecule has 2 atom stereocenters. The molecule has 0 aromatic carbocycles. The molecule has 0 aromatic rings. The van der Waals surface area contributed by atoms with Gasteiger partial charge in [0.25, 0.3) is 0 Å². The Kier molecular flexibility index (Phi) is 5.23. The summed E-state index contributed by atoms with van der Waals surface area (Å²) in [6.07, 6.45) is 5.76. The van der Waals surface area contributed by atoms with Crippen molar-refractivity contribution in [2.24, 2.45) is 11.3 Å². The van der Waals surface area contributed by atoms with E-state index in [4.69, 9.17) is 4.74 Å². The third-order valence-corrected chi connectivity index (χ3v) is 6.06. The van der Waals surface area contributed by atoms with Crippen LogP contribution in [0.3, 0.4) is 0 Å². The monoisotopic (exact) mass is 319 g/mol. The van der Waals surface area contributed by atoms with Crippen LogP contribution in [0.25, 0.3) is 0 Å². The molecule has 1 amide bonds. The molecule has 0 aromatic heterocycles. The van der Waals surface area contributed by atoms with E-state index in [2.05, 4.69) is 17.9 Å². The Hall–Kier alpha value is -1.12. The van der Waals surface area contributed by atoms with Crippen molar-refractivity contribution in [3.8, 4) is 6.07 Å². The first-order valence-electron chi connectivity index (χ1n) is 9.22. The van der Waals surface area contributed by atoms with E-state index < -0.39 is 5.41 Å². The largest absolute Gasteiger partial charge is 0.379 e. The maximum atomic E-state index is 13.1. The van der Waals surface area contributed by atoms with Crippen molar-refractivity contribution in [1.29, 1.82) is 5.26 Å². The zero-order chi connectivity index (χ0) is 16.3. The number of hydrogen-bond acceptors (Lipinski definition) is 4. The maximum Gasteiger partial charge on any atom is 0.243 e. The third-order valence-electron chi connectivity index (χ3n) is 6.06. The number of hydrogen-bond donors (Lipinski definition) is 0. The van der Waals surface area contributed by atoms with Gasteiger partial charge >= 0.3 is 0 Å². The summed E-state index contributed by atoms with van der Waals surface area (Å²) in [5.41, 5.74) is -0.740. The molecule has 2 heterocycles. The molecule has 3 aliphatic rings. The smallest absolute Gasteiger partial charge is 0.243 e. The summed E-state index contributed by atoms with van der Waals surface area (Å²) >= 11 is 0. The first kappa shape index (κ1) is 16.7. The average molecular weight is 319 g/mol. The van der Waals surface area contributed by atoms with Crippen LogP contribution in [0.2, 0.25) is 0 Å². The van der Waals surface area contributed by atoms with Gasteiger partial charge in [-0.05, 0) is 18.8 Å². The Morgan fingerprint density at radius 3 is 2.52 bits per heavy atom. The number of nitrogens with zero attached hydrogens (tertiary/aromatic N) is 3. The fraction of sp³-hybridized carbons (Fsp3) is 0.889. The lowest BCUT2D eigenvalue weighted by Gasteiger charge is -2.35. The highest BCUT2D eigenvalue weighted by atomic mass is 16.5. The Balaban J connectivity index is 1.70. The molecule has 3 rings (SSSR count). The molecule has 1 aliphatic carbocycles. The number of amides is 1. The summed E-state index contributed by atoms with van der Waals surface area (Å²) in [5.74, 6) is 0.630. The molecule has 0 bridgehead atoms. The summed E-state index contributed by atoms with van der Waals surface area (Å²) in [6, 6.07) is 2.83. The van der Waals surface area contributed by atoms with Crippen molar-refractivity contribution >= 4 is 5.91 Å². The van der Waals surface area contributed by atoms with Gasteiger partial charge < -0.3 is 9.64 Å². The predicted octanol–water partition coefficient (Wildman–Crippen LogP) is 2.03. The minimum atomic E-state index is -0.740. The van der Waals surface area contributed by atoms with E-state index in [0.717, 1.165) is 77.9 Å². The van der Waals surface area contributed by atoms with E-state index in [1.54, 1.807) is 0 Å². The van der Waals surface area contributed by atoms with Gasteiger partial charge in [-0.2, -0.15) is 5.26 Å². The molecule has 5 heteroatoms. The average Bonchev–Trinajstić information content (AvgIpc) is 3.06. The van der Waals surface area contributed by atoms with E-state index in [1.807, 2.05) is 4.90 Å². The van der Waals surface area contributed by atoms with Gasteiger partial charge in [0, 0.05) is 32.2 Å². The van der Waals surface area contributed by atoms with E-state index in [0.29, 0.717) is 12.0 Å². The van der Waals surface area contributed by atoms with Crippen LogP contribution in [-0.4, -0.2) is 61.1 Å². The molecule has 0 radical (unpaired) electrons. The number of morpholine rings is 1. The van der Waals surface area contributed by atoms with Crippen LogP contribution >= 0.6 is 0 Å². The van der Waals surface area contributed by atoms with Crippen LogP contribution in [0.15, 0.2) is 0 Å². The minimum Gasteiger partial charge on any atom is -0.379 e. The molecule has 5 nitrogen and oxygen atoms in total. The van der Waals surface area contributed by atoms with Gasteiger partial charge in [0.2, 0.25) is 5.91 Å². The highest BCUT2D eigenvalue weighted by molar-refractivity contribution is 5.86. The summed E-state index contributed by atoms with van der Waals surface area (Å²) in [6.45, 7) is 7.35. The van der Waals surface area contributed by atoms with Crippen molar-refractivity contribution in [3.05, 3.63) is 0 Å². The number of nitriles is 1.